The number of rotatable bonds is 14. The molecular weight excluding hydrogens is 546 g/mol. The van der Waals surface area contributed by atoms with E-state index in [0.29, 0.717) is 49.5 Å². The number of carboxylic acid groups (broad SMARTS) is 1. The minimum Gasteiger partial charge on any atom is -0.504 e. The number of nitrogens with one attached hydrogen (secondary N) is 3. The van der Waals surface area contributed by atoms with Crippen LogP contribution in [-0.4, -0.2) is 63.5 Å². The van der Waals surface area contributed by atoms with E-state index < -0.39 is 23.6 Å². The molecule has 10 heteroatoms. The second-order valence-electron chi connectivity index (χ2n) is 13.8. The third kappa shape index (κ3) is 9.41. The number of carbonyl (C=O) groups is 3. The van der Waals surface area contributed by atoms with Crippen molar-refractivity contribution in [1.29, 1.82) is 5.41 Å². The number of aliphatic hydroxyl groups excluding tert-OH is 1. The number of Topliss-reactive ketones (excluding diaryl/α,β-unsaturated/α-hetero) is 1. The van der Waals surface area contributed by atoms with Gasteiger partial charge >= 0.3 is 6.09 Å². The van der Waals surface area contributed by atoms with E-state index in [0.717, 1.165) is 18.8 Å². The summed E-state index contributed by atoms with van der Waals surface area (Å²) in [5.41, 5.74) is 0.559. The zero-order valence-electron chi connectivity index (χ0n) is 26.7. The van der Waals surface area contributed by atoms with Gasteiger partial charge in [0.25, 0.3) is 0 Å². The van der Waals surface area contributed by atoms with Gasteiger partial charge in [-0.05, 0) is 55.4 Å². The van der Waals surface area contributed by atoms with Crippen molar-refractivity contribution in [1.82, 2.24) is 15.5 Å². The van der Waals surface area contributed by atoms with Crippen molar-refractivity contribution in [3.63, 3.8) is 0 Å². The number of amides is 2. The van der Waals surface area contributed by atoms with E-state index in [9.17, 15) is 24.6 Å². The Morgan fingerprint density at radius 3 is 2.40 bits per heavy atom. The first-order valence-corrected chi connectivity index (χ1v) is 16.1. The molecule has 2 fully saturated rings. The van der Waals surface area contributed by atoms with Crippen molar-refractivity contribution in [2.45, 2.75) is 124 Å². The lowest BCUT2D eigenvalue weighted by atomic mass is 9.84. The summed E-state index contributed by atoms with van der Waals surface area (Å²) in [5, 5.41) is 33.6. The van der Waals surface area contributed by atoms with Crippen LogP contribution in [0.3, 0.4) is 0 Å². The lowest BCUT2D eigenvalue weighted by molar-refractivity contribution is -0.143. The van der Waals surface area contributed by atoms with Crippen LogP contribution < -0.4 is 10.6 Å². The third-order valence-corrected chi connectivity index (χ3v) is 9.15. The molecule has 2 aliphatic heterocycles. The summed E-state index contributed by atoms with van der Waals surface area (Å²) in [7, 11) is 0. The molecule has 5 N–H and O–H groups in total. The first kappa shape index (κ1) is 34.3. The second kappa shape index (κ2) is 15.5. The molecule has 2 amide bonds. The molecule has 0 aromatic rings. The van der Waals surface area contributed by atoms with Gasteiger partial charge in [-0.15, -0.1) is 0 Å². The average molecular weight is 600 g/mol. The molecule has 43 heavy (non-hydrogen) atoms. The number of hydrogen-bond donors (Lipinski definition) is 5. The highest BCUT2D eigenvalue weighted by Gasteiger charge is 2.46. The van der Waals surface area contributed by atoms with Crippen LogP contribution in [0.15, 0.2) is 28.3 Å². The zero-order chi connectivity index (χ0) is 31.7. The van der Waals surface area contributed by atoms with Crippen LogP contribution in [0.25, 0.3) is 0 Å². The van der Waals surface area contributed by atoms with Crippen LogP contribution in [0, 0.1) is 28.6 Å². The molecule has 3 aliphatic rings. The number of likely N-dealkylation sites (tertiary alicyclic amines) is 1. The number of nitrogens with zero attached hydrogens (tertiary/aromatic N) is 2. The summed E-state index contributed by atoms with van der Waals surface area (Å²) in [6, 6.07) is -1.65. The Hall–Kier alpha value is -3.17. The minimum absolute atomic E-state index is 0.0436. The van der Waals surface area contributed by atoms with Gasteiger partial charge in [-0.3, -0.25) is 9.59 Å². The molecule has 1 saturated heterocycles. The van der Waals surface area contributed by atoms with E-state index >= 15 is 0 Å². The molecule has 1 aliphatic carbocycles. The van der Waals surface area contributed by atoms with Crippen molar-refractivity contribution in [3.05, 3.63) is 23.4 Å². The fraction of sp³-hybridized carbons (Fsp3) is 0.727. The highest BCUT2D eigenvalue weighted by atomic mass is 16.4. The molecule has 0 aromatic carbocycles. The van der Waals surface area contributed by atoms with E-state index in [1.807, 2.05) is 13.8 Å². The molecule has 0 bridgehead atoms. The molecule has 0 radical (unpaired) electrons. The van der Waals surface area contributed by atoms with Crippen molar-refractivity contribution in [2.24, 2.45) is 28.2 Å². The fourth-order valence-electron chi connectivity index (χ4n) is 6.73. The molecular formula is C33H53N5O5. The maximum absolute atomic E-state index is 13.7. The average Bonchev–Trinajstić information content (AvgIpc) is 3.61. The number of hydrogen-bond acceptors (Lipinski definition) is 7. The number of aliphatic imine (C=N–C) groups is 1. The molecule has 0 aromatic heterocycles. The van der Waals surface area contributed by atoms with E-state index in [1.54, 1.807) is 31.7 Å². The molecule has 3 rings (SSSR count). The van der Waals surface area contributed by atoms with Crippen LogP contribution in [0.1, 0.15) is 112 Å². The van der Waals surface area contributed by atoms with Crippen LogP contribution in [0.5, 0.6) is 0 Å². The van der Waals surface area contributed by atoms with Gasteiger partial charge in [-0.25, -0.2) is 9.79 Å². The Kier molecular flexibility index (Phi) is 12.4. The first-order chi connectivity index (χ1) is 20.3. The molecule has 2 heterocycles. The summed E-state index contributed by atoms with van der Waals surface area (Å²) < 4.78 is 0. The Bertz CT molecular complexity index is 1110. The monoisotopic (exact) mass is 599 g/mol. The molecule has 10 nitrogen and oxygen atoms in total. The predicted octanol–water partition coefficient (Wildman–Crippen LogP) is 6.34. The Morgan fingerprint density at radius 1 is 1.09 bits per heavy atom. The SMILES string of the molecule is CC(C)C(=O)[C@@H]1[C@H](CCC2=C(O)C(CCCCCC3CCCC3)=N/C(=C/C=N)N2)CCN1C(=O)C(NC(=O)O)C(C)(C)C. The first-order valence-electron chi connectivity index (χ1n) is 16.1. The van der Waals surface area contributed by atoms with Gasteiger partial charge in [0.1, 0.15) is 11.9 Å². The van der Waals surface area contributed by atoms with E-state index in [4.69, 9.17) is 5.41 Å². The molecule has 240 valence electrons. The smallest absolute Gasteiger partial charge is 0.405 e. The highest BCUT2D eigenvalue weighted by molar-refractivity contribution is 6.00. The van der Waals surface area contributed by atoms with Crippen molar-refractivity contribution in [3.8, 4) is 0 Å². The van der Waals surface area contributed by atoms with Crippen molar-refractivity contribution in [2.75, 3.05) is 6.54 Å². The number of ketones is 1. The summed E-state index contributed by atoms with van der Waals surface area (Å²) >= 11 is 0. The maximum atomic E-state index is 13.7. The van der Waals surface area contributed by atoms with Crippen LogP contribution >= 0.6 is 0 Å². The van der Waals surface area contributed by atoms with Gasteiger partial charge in [0.2, 0.25) is 5.91 Å². The standard InChI is InChI=1S/C33H53N5O5/c1-21(2)28(39)27-23(18-20-38(27)31(41)30(33(3,4)5)37-32(42)43)15-16-25-29(40)24(35-26(36-25)17-19-34)14-8-6-7-11-22-12-9-10-13-22/h17,19,21-23,27,30,34,36-37,40H,6-16,18,20H2,1-5H3,(H,42,43)/b26-17-,34-19?/t23-,27+,30?/m1/s1. The van der Waals surface area contributed by atoms with Gasteiger partial charge in [0.05, 0.1) is 17.5 Å². The van der Waals surface area contributed by atoms with Gasteiger partial charge in [0, 0.05) is 18.7 Å². The minimum atomic E-state index is -1.28. The molecule has 1 unspecified atom stereocenters. The summed E-state index contributed by atoms with van der Waals surface area (Å²) in [4.78, 5) is 44.8. The number of aliphatic hydroxyl groups is 1. The number of allylic oxidation sites excluding steroid dienone is 3. The Labute approximate surface area is 257 Å². The van der Waals surface area contributed by atoms with Gasteiger partial charge in [0.15, 0.2) is 11.5 Å². The van der Waals surface area contributed by atoms with Gasteiger partial charge in [-0.2, -0.15) is 0 Å². The molecule has 0 spiro atoms. The van der Waals surface area contributed by atoms with Gasteiger partial charge < -0.3 is 31.2 Å². The summed E-state index contributed by atoms with van der Waals surface area (Å²) in [5.74, 6) is 0.657. The lowest BCUT2D eigenvalue weighted by Gasteiger charge is -2.36. The quantitative estimate of drug-likeness (QED) is 0.116. The van der Waals surface area contributed by atoms with Crippen molar-refractivity contribution < 1.29 is 24.6 Å². The van der Waals surface area contributed by atoms with E-state index in [-0.39, 0.29) is 29.3 Å². The highest BCUT2D eigenvalue weighted by Crippen LogP contribution is 2.35. The Morgan fingerprint density at radius 2 is 1.79 bits per heavy atom. The largest absolute Gasteiger partial charge is 0.504 e. The predicted molar refractivity (Wildman–Crippen MR) is 169 cm³/mol. The van der Waals surface area contributed by atoms with Gasteiger partial charge in [-0.1, -0.05) is 79.6 Å². The van der Waals surface area contributed by atoms with E-state index in [1.165, 1.54) is 44.7 Å². The summed E-state index contributed by atoms with van der Waals surface area (Å²) in [6.07, 6.45) is 13.7. The normalized spacial score (nSPS) is 23.0. The maximum Gasteiger partial charge on any atom is 0.405 e. The topological polar surface area (TPSA) is 155 Å². The molecule has 3 atom stereocenters. The summed E-state index contributed by atoms with van der Waals surface area (Å²) in [6.45, 7) is 9.41. The Balaban J connectivity index is 1.71. The third-order valence-electron chi connectivity index (χ3n) is 9.15. The van der Waals surface area contributed by atoms with Crippen molar-refractivity contribution >= 4 is 29.7 Å². The van der Waals surface area contributed by atoms with Crippen LogP contribution in [0.4, 0.5) is 4.79 Å². The number of carbonyl (C=O) groups excluding carboxylic acids is 2. The van der Waals surface area contributed by atoms with Crippen LogP contribution in [-0.2, 0) is 9.59 Å². The lowest BCUT2D eigenvalue weighted by Crippen LogP contribution is -2.57. The fourth-order valence-corrected chi connectivity index (χ4v) is 6.73. The number of unbranched alkanes of at least 4 members (excludes halogenated alkanes) is 2. The molecule has 1 saturated carbocycles. The van der Waals surface area contributed by atoms with Crippen LogP contribution in [0.2, 0.25) is 0 Å². The van der Waals surface area contributed by atoms with E-state index in [2.05, 4.69) is 15.6 Å². The zero-order valence-corrected chi connectivity index (χ0v) is 26.7. The second-order valence-corrected chi connectivity index (χ2v) is 13.8.